The Kier molecular flexibility index (Phi) is 9.02. The minimum Gasteiger partial charge on any atom is -0.468 e. The lowest BCUT2D eigenvalue weighted by atomic mass is 10.0. The zero-order valence-electron chi connectivity index (χ0n) is 24.3. The lowest BCUT2D eigenvalue weighted by molar-refractivity contribution is -0.146. The number of anilines is 2. The van der Waals surface area contributed by atoms with E-state index in [1.807, 2.05) is 34.9 Å². The van der Waals surface area contributed by atoms with Crippen molar-refractivity contribution in [3.63, 3.8) is 0 Å². The van der Waals surface area contributed by atoms with Crippen LogP contribution < -0.4 is 15.5 Å². The van der Waals surface area contributed by atoms with Crippen molar-refractivity contribution >= 4 is 46.0 Å². The van der Waals surface area contributed by atoms with Gasteiger partial charge in [0.05, 0.1) is 29.4 Å². The Morgan fingerprint density at radius 1 is 1.05 bits per heavy atom. The van der Waals surface area contributed by atoms with Crippen LogP contribution in [0.5, 0.6) is 0 Å². The molecule has 0 bridgehead atoms. The molecule has 10 nitrogen and oxygen atoms in total. The van der Waals surface area contributed by atoms with E-state index in [1.54, 1.807) is 43.7 Å². The summed E-state index contributed by atoms with van der Waals surface area (Å²) in [5.41, 5.74) is 3.53. The summed E-state index contributed by atoms with van der Waals surface area (Å²) in [6.45, 7) is 6.58. The molecule has 2 unspecified atom stereocenters. The van der Waals surface area contributed by atoms with Crippen LogP contribution in [0.4, 0.5) is 16.0 Å². The molecule has 2 aromatic heterocycles. The molecule has 4 aromatic rings. The van der Waals surface area contributed by atoms with Crippen LogP contribution in [0.1, 0.15) is 32.4 Å². The van der Waals surface area contributed by atoms with E-state index in [0.717, 1.165) is 22.0 Å². The van der Waals surface area contributed by atoms with E-state index >= 15 is 0 Å². The average molecular weight is 606 g/mol. The number of fused-ring (bicyclic) bond motifs is 1. The molecule has 12 heteroatoms. The number of hydrogen-bond acceptors (Lipinski definition) is 9. The van der Waals surface area contributed by atoms with E-state index in [1.165, 1.54) is 20.1 Å². The summed E-state index contributed by atoms with van der Waals surface area (Å²) >= 11 is 6.58. The molecule has 43 heavy (non-hydrogen) atoms. The largest absolute Gasteiger partial charge is 0.468 e. The van der Waals surface area contributed by atoms with E-state index in [9.17, 15) is 14.0 Å². The lowest BCUT2D eigenvalue weighted by Crippen LogP contribution is -2.62. The van der Waals surface area contributed by atoms with E-state index in [-0.39, 0.29) is 23.7 Å². The molecular formula is C31H33ClFN7O3. The highest BCUT2D eigenvalue weighted by Gasteiger charge is 2.34. The minimum absolute atomic E-state index is 0.198. The third kappa shape index (κ3) is 6.52. The van der Waals surface area contributed by atoms with Gasteiger partial charge in [-0.25, -0.2) is 14.4 Å². The van der Waals surface area contributed by atoms with Gasteiger partial charge in [0.1, 0.15) is 18.0 Å². The quantitative estimate of drug-likeness (QED) is 0.273. The van der Waals surface area contributed by atoms with Crippen LogP contribution in [0.2, 0.25) is 5.02 Å². The third-order valence-corrected chi connectivity index (χ3v) is 7.94. The maximum atomic E-state index is 14.5. The zero-order valence-corrected chi connectivity index (χ0v) is 25.1. The number of halogens is 2. The van der Waals surface area contributed by atoms with Crippen LogP contribution in [-0.2, 0) is 14.3 Å². The van der Waals surface area contributed by atoms with Gasteiger partial charge in [-0.15, -0.1) is 0 Å². The van der Waals surface area contributed by atoms with Crippen LogP contribution in [-0.4, -0.2) is 70.7 Å². The molecule has 5 rings (SSSR count). The van der Waals surface area contributed by atoms with Crippen LogP contribution in [0.15, 0.2) is 61.1 Å². The first-order valence-electron chi connectivity index (χ1n) is 13.9. The SMILES string of the molecule is COC(=O)C(C)N1CCN(c2ncc(-c3ccc4ncc(Cl)c(N[C@H](C)c5ccccc5F)c4c3)cn2)C(NC(C)=O)C1. The van der Waals surface area contributed by atoms with Gasteiger partial charge in [-0.3, -0.25) is 19.5 Å². The highest BCUT2D eigenvalue weighted by atomic mass is 35.5. The van der Waals surface area contributed by atoms with Gasteiger partial charge in [-0.05, 0) is 37.6 Å². The van der Waals surface area contributed by atoms with Crippen molar-refractivity contribution in [3.8, 4) is 11.1 Å². The number of methoxy groups -OCH3 is 1. The summed E-state index contributed by atoms with van der Waals surface area (Å²) in [4.78, 5) is 41.7. The topological polar surface area (TPSA) is 113 Å². The summed E-state index contributed by atoms with van der Waals surface area (Å²) in [7, 11) is 1.36. The smallest absolute Gasteiger partial charge is 0.322 e. The Labute approximate surface area is 254 Å². The van der Waals surface area contributed by atoms with Gasteiger partial charge in [-0.2, -0.15) is 0 Å². The maximum absolute atomic E-state index is 14.5. The minimum atomic E-state index is -0.448. The van der Waals surface area contributed by atoms with E-state index in [2.05, 4.69) is 25.6 Å². The van der Waals surface area contributed by atoms with Crippen LogP contribution >= 0.6 is 11.6 Å². The lowest BCUT2D eigenvalue weighted by Gasteiger charge is -2.42. The molecule has 1 aliphatic rings. The van der Waals surface area contributed by atoms with Gasteiger partial charge in [0.15, 0.2) is 0 Å². The van der Waals surface area contributed by atoms with Gasteiger partial charge in [0.25, 0.3) is 0 Å². The summed E-state index contributed by atoms with van der Waals surface area (Å²) in [5, 5.41) is 7.51. The molecule has 3 heterocycles. The Balaban J connectivity index is 1.40. The maximum Gasteiger partial charge on any atom is 0.322 e. The molecule has 224 valence electrons. The molecule has 0 radical (unpaired) electrons. The van der Waals surface area contributed by atoms with Crippen molar-refractivity contribution in [2.75, 3.05) is 37.0 Å². The zero-order chi connectivity index (χ0) is 30.7. The first-order chi connectivity index (χ1) is 20.7. The summed E-state index contributed by atoms with van der Waals surface area (Å²) in [6, 6.07) is 11.6. The van der Waals surface area contributed by atoms with Gasteiger partial charge in [0, 0.05) is 61.7 Å². The molecule has 3 atom stereocenters. The fourth-order valence-corrected chi connectivity index (χ4v) is 5.51. The van der Waals surface area contributed by atoms with Crippen LogP contribution in [0.3, 0.4) is 0 Å². The highest BCUT2D eigenvalue weighted by molar-refractivity contribution is 6.34. The van der Waals surface area contributed by atoms with Crippen molar-refractivity contribution in [1.82, 2.24) is 25.2 Å². The summed E-state index contributed by atoms with van der Waals surface area (Å²) < 4.78 is 19.3. The number of ether oxygens (including phenoxy) is 1. The van der Waals surface area contributed by atoms with Crippen molar-refractivity contribution in [3.05, 3.63) is 77.5 Å². The predicted octanol–water partition coefficient (Wildman–Crippen LogP) is 4.80. The third-order valence-electron chi connectivity index (χ3n) is 7.65. The molecule has 0 spiro atoms. The van der Waals surface area contributed by atoms with Crippen LogP contribution in [0.25, 0.3) is 22.0 Å². The Hall–Kier alpha value is -4.35. The molecule has 1 fully saturated rings. The number of nitrogens with zero attached hydrogens (tertiary/aromatic N) is 5. The van der Waals surface area contributed by atoms with Crippen molar-refractivity contribution in [2.45, 2.75) is 39.0 Å². The average Bonchev–Trinajstić information content (AvgIpc) is 3.01. The number of carbonyl (C=O) groups excluding carboxylic acids is 2. The Morgan fingerprint density at radius 2 is 1.79 bits per heavy atom. The molecule has 2 aromatic carbocycles. The standard InChI is InChI=1S/C31H33ClFN7O3/c1-18(23-7-5-6-8-26(23)33)37-29-24-13-21(9-10-27(24)34-16-25(29)32)22-14-35-31(36-15-22)40-12-11-39(19(2)30(42)43-4)17-28(40)38-20(3)41/h5-10,13-16,18-19,28H,11-12,17H2,1-4H3,(H,34,37)(H,38,41)/t18-,19?,28?/m1/s1. The number of amides is 1. The fourth-order valence-electron chi connectivity index (χ4n) is 5.31. The number of nitrogens with one attached hydrogen (secondary N) is 2. The van der Waals surface area contributed by atoms with Crippen molar-refractivity contribution in [1.29, 1.82) is 0 Å². The molecule has 0 saturated carbocycles. The number of pyridine rings is 1. The van der Waals surface area contributed by atoms with Crippen molar-refractivity contribution in [2.24, 2.45) is 0 Å². The monoisotopic (exact) mass is 605 g/mol. The number of aromatic nitrogens is 3. The highest BCUT2D eigenvalue weighted by Crippen LogP contribution is 2.35. The number of benzene rings is 2. The van der Waals surface area contributed by atoms with Gasteiger partial charge in [0.2, 0.25) is 11.9 Å². The van der Waals surface area contributed by atoms with Crippen molar-refractivity contribution < 1.29 is 18.7 Å². The normalized spacial score (nSPS) is 16.9. The fraction of sp³-hybridized carbons (Fsp3) is 0.323. The van der Waals surface area contributed by atoms with Gasteiger partial charge >= 0.3 is 5.97 Å². The van der Waals surface area contributed by atoms with Gasteiger partial charge in [-0.1, -0.05) is 35.9 Å². The predicted molar refractivity (Wildman–Crippen MR) is 164 cm³/mol. The molecule has 2 N–H and O–H groups in total. The molecular weight excluding hydrogens is 573 g/mol. The number of hydrogen-bond donors (Lipinski definition) is 2. The van der Waals surface area contributed by atoms with Gasteiger partial charge < -0.3 is 20.3 Å². The number of carbonyl (C=O) groups is 2. The van der Waals surface area contributed by atoms with E-state index < -0.39 is 12.2 Å². The Bertz CT molecular complexity index is 1640. The molecule has 0 aliphatic carbocycles. The number of rotatable bonds is 8. The Morgan fingerprint density at radius 3 is 2.49 bits per heavy atom. The number of esters is 1. The first kappa shape index (κ1) is 30.1. The second-order valence-electron chi connectivity index (χ2n) is 10.5. The second kappa shape index (κ2) is 12.9. The molecule has 1 aliphatic heterocycles. The van der Waals surface area contributed by atoms with Crippen LogP contribution in [0, 0.1) is 5.82 Å². The van der Waals surface area contributed by atoms with E-state index in [0.29, 0.717) is 41.9 Å². The second-order valence-corrected chi connectivity index (χ2v) is 10.9. The summed E-state index contributed by atoms with van der Waals surface area (Å²) in [6.07, 6.45) is 4.60. The molecule has 1 amide bonds. The molecule has 1 saturated heterocycles. The number of piperazine rings is 1. The first-order valence-corrected chi connectivity index (χ1v) is 14.3. The summed E-state index contributed by atoms with van der Waals surface area (Å²) in [5.74, 6) is -0.367. The van der Waals surface area contributed by atoms with E-state index in [4.69, 9.17) is 16.3 Å².